The maximum atomic E-state index is 13.4. The maximum Gasteiger partial charge on any atom is 0.228 e. The molecule has 0 saturated heterocycles. The number of carbonyl (C=O) groups excluding carboxylic acids is 1. The van der Waals surface area contributed by atoms with Gasteiger partial charge in [0.25, 0.3) is 0 Å². The van der Waals surface area contributed by atoms with Crippen molar-refractivity contribution in [2.45, 2.75) is 19.4 Å². The normalized spacial score (nSPS) is 12.3. The number of hydrogen-bond acceptors (Lipinski definition) is 2. The van der Waals surface area contributed by atoms with Gasteiger partial charge in [0.15, 0.2) is 0 Å². The highest BCUT2D eigenvalue weighted by Gasteiger charge is 2.16. The molecule has 0 aliphatic rings. The van der Waals surface area contributed by atoms with Crippen LogP contribution in [-0.2, 0) is 4.79 Å². The predicted octanol–water partition coefficient (Wildman–Crippen LogP) is 2.18. The summed E-state index contributed by atoms with van der Waals surface area (Å²) in [6.07, 6.45) is 0.169. The van der Waals surface area contributed by atoms with Crippen LogP contribution in [0.5, 0.6) is 0 Å². The van der Waals surface area contributed by atoms with E-state index in [-0.39, 0.29) is 24.1 Å². The molecule has 5 heteroatoms. The average molecular weight is 245 g/mol. The first-order chi connectivity index (χ1) is 7.41. The van der Waals surface area contributed by atoms with Crippen molar-refractivity contribution in [1.29, 1.82) is 0 Å². The number of amides is 1. The van der Waals surface area contributed by atoms with E-state index in [0.29, 0.717) is 5.02 Å². The van der Waals surface area contributed by atoms with E-state index in [1.165, 1.54) is 30.1 Å². The van der Waals surface area contributed by atoms with Gasteiger partial charge in [0, 0.05) is 24.5 Å². The fourth-order valence-electron chi connectivity index (χ4n) is 1.29. The Bertz CT molecular complexity index is 396. The van der Waals surface area contributed by atoms with Crippen LogP contribution < -0.4 is 10.6 Å². The molecule has 0 bridgehead atoms. The molecular weight excluding hydrogens is 231 g/mol. The number of nitrogens with zero attached hydrogens (tertiary/aromatic N) is 1. The molecule has 1 amide bonds. The second-order valence-corrected chi connectivity index (χ2v) is 4.17. The molecule has 2 N–H and O–H groups in total. The molecular formula is C11H14ClFN2O. The van der Waals surface area contributed by atoms with E-state index >= 15 is 0 Å². The lowest BCUT2D eigenvalue weighted by molar-refractivity contribution is -0.118. The Kier molecular flexibility index (Phi) is 4.26. The molecule has 0 saturated carbocycles. The summed E-state index contributed by atoms with van der Waals surface area (Å²) in [5.41, 5.74) is 5.67. The summed E-state index contributed by atoms with van der Waals surface area (Å²) in [5, 5.41) is 0.386. The first-order valence-electron chi connectivity index (χ1n) is 4.89. The van der Waals surface area contributed by atoms with Gasteiger partial charge in [0.05, 0.1) is 5.69 Å². The zero-order chi connectivity index (χ0) is 12.3. The monoisotopic (exact) mass is 244 g/mol. The molecule has 0 aliphatic carbocycles. The van der Waals surface area contributed by atoms with Crippen LogP contribution in [0, 0.1) is 5.82 Å². The summed E-state index contributed by atoms with van der Waals surface area (Å²) in [7, 11) is 1.50. The van der Waals surface area contributed by atoms with E-state index in [1.54, 1.807) is 6.92 Å². The summed E-state index contributed by atoms with van der Waals surface area (Å²) in [5.74, 6) is -0.721. The SMILES string of the molecule is CC(N)CC(=O)N(C)c1cc(Cl)ccc1F. The fraction of sp³-hybridized carbons (Fsp3) is 0.364. The van der Waals surface area contributed by atoms with Gasteiger partial charge in [-0.3, -0.25) is 4.79 Å². The van der Waals surface area contributed by atoms with Crippen LogP contribution in [0.25, 0.3) is 0 Å². The van der Waals surface area contributed by atoms with Crippen molar-refractivity contribution in [3.8, 4) is 0 Å². The van der Waals surface area contributed by atoms with Crippen molar-refractivity contribution in [2.75, 3.05) is 11.9 Å². The molecule has 1 aromatic rings. The van der Waals surface area contributed by atoms with E-state index in [9.17, 15) is 9.18 Å². The van der Waals surface area contributed by atoms with Gasteiger partial charge in [-0.25, -0.2) is 4.39 Å². The van der Waals surface area contributed by atoms with Crippen molar-refractivity contribution in [1.82, 2.24) is 0 Å². The summed E-state index contributed by atoms with van der Waals surface area (Å²) >= 11 is 5.74. The zero-order valence-electron chi connectivity index (χ0n) is 9.21. The van der Waals surface area contributed by atoms with Crippen LogP contribution in [0.2, 0.25) is 5.02 Å². The van der Waals surface area contributed by atoms with E-state index < -0.39 is 5.82 Å². The van der Waals surface area contributed by atoms with Gasteiger partial charge in [-0.2, -0.15) is 0 Å². The van der Waals surface area contributed by atoms with Gasteiger partial charge in [-0.15, -0.1) is 0 Å². The number of halogens is 2. The molecule has 1 unspecified atom stereocenters. The van der Waals surface area contributed by atoms with E-state index in [4.69, 9.17) is 17.3 Å². The van der Waals surface area contributed by atoms with Crippen LogP contribution in [0.1, 0.15) is 13.3 Å². The fourth-order valence-corrected chi connectivity index (χ4v) is 1.46. The molecule has 0 heterocycles. The number of benzene rings is 1. The highest BCUT2D eigenvalue weighted by atomic mass is 35.5. The number of rotatable bonds is 3. The summed E-state index contributed by atoms with van der Waals surface area (Å²) in [6.45, 7) is 1.72. The van der Waals surface area contributed by atoms with E-state index in [2.05, 4.69) is 0 Å². The second kappa shape index (κ2) is 5.27. The quantitative estimate of drug-likeness (QED) is 0.886. The number of nitrogens with two attached hydrogens (primary N) is 1. The molecule has 3 nitrogen and oxygen atoms in total. The Labute approximate surface area is 99.0 Å². The minimum Gasteiger partial charge on any atom is -0.327 e. The van der Waals surface area contributed by atoms with Crippen molar-refractivity contribution in [3.63, 3.8) is 0 Å². The standard InChI is InChI=1S/C11H14ClFN2O/c1-7(14)5-11(16)15(2)10-6-8(12)3-4-9(10)13/h3-4,6-7H,5,14H2,1-2H3. The third kappa shape index (κ3) is 3.18. The van der Waals surface area contributed by atoms with Crippen LogP contribution in [0.15, 0.2) is 18.2 Å². The average Bonchev–Trinajstić information content (AvgIpc) is 2.19. The molecule has 1 rings (SSSR count). The summed E-state index contributed by atoms with van der Waals surface area (Å²) in [4.78, 5) is 12.9. The number of hydrogen-bond donors (Lipinski definition) is 1. The van der Waals surface area contributed by atoms with E-state index in [0.717, 1.165) is 0 Å². The summed E-state index contributed by atoms with van der Waals surface area (Å²) < 4.78 is 13.4. The number of anilines is 1. The van der Waals surface area contributed by atoms with Crippen LogP contribution in [-0.4, -0.2) is 19.0 Å². The van der Waals surface area contributed by atoms with Crippen molar-refractivity contribution in [3.05, 3.63) is 29.0 Å². The van der Waals surface area contributed by atoms with Crippen LogP contribution >= 0.6 is 11.6 Å². The van der Waals surface area contributed by atoms with E-state index in [1.807, 2.05) is 0 Å². The predicted molar refractivity (Wildman–Crippen MR) is 63.1 cm³/mol. The van der Waals surface area contributed by atoms with Gasteiger partial charge in [-0.05, 0) is 25.1 Å². The Hall–Kier alpha value is -1.13. The van der Waals surface area contributed by atoms with Gasteiger partial charge in [-0.1, -0.05) is 11.6 Å². The first-order valence-corrected chi connectivity index (χ1v) is 5.26. The Morgan fingerprint density at radius 2 is 2.25 bits per heavy atom. The van der Waals surface area contributed by atoms with Gasteiger partial charge < -0.3 is 10.6 Å². The highest BCUT2D eigenvalue weighted by molar-refractivity contribution is 6.30. The lowest BCUT2D eigenvalue weighted by atomic mass is 10.2. The Morgan fingerprint density at radius 1 is 1.62 bits per heavy atom. The first kappa shape index (κ1) is 12.9. The molecule has 0 fully saturated rings. The summed E-state index contributed by atoms with van der Waals surface area (Å²) in [6, 6.07) is 3.82. The molecule has 0 aliphatic heterocycles. The molecule has 16 heavy (non-hydrogen) atoms. The lowest BCUT2D eigenvalue weighted by Gasteiger charge is -2.19. The lowest BCUT2D eigenvalue weighted by Crippen LogP contribution is -2.32. The van der Waals surface area contributed by atoms with Crippen molar-refractivity contribution in [2.24, 2.45) is 5.73 Å². The zero-order valence-corrected chi connectivity index (χ0v) is 9.96. The minimum atomic E-state index is -0.482. The van der Waals surface area contributed by atoms with Crippen LogP contribution in [0.3, 0.4) is 0 Å². The van der Waals surface area contributed by atoms with Crippen molar-refractivity contribution >= 4 is 23.2 Å². The Morgan fingerprint density at radius 3 is 2.81 bits per heavy atom. The molecule has 0 aromatic heterocycles. The van der Waals surface area contributed by atoms with Crippen molar-refractivity contribution < 1.29 is 9.18 Å². The molecule has 1 aromatic carbocycles. The third-order valence-corrected chi connectivity index (χ3v) is 2.38. The second-order valence-electron chi connectivity index (χ2n) is 3.73. The van der Waals surface area contributed by atoms with Gasteiger partial charge >= 0.3 is 0 Å². The smallest absolute Gasteiger partial charge is 0.228 e. The molecule has 0 radical (unpaired) electrons. The molecule has 88 valence electrons. The third-order valence-electron chi connectivity index (χ3n) is 2.14. The molecule has 1 atom stereocenters. The molecule has 0 spiro atoms. The van der Waals surface area contributed by atoms with Gasteiger partial charge in [0.1, 0.15) is 5.82 Å². The number of carbonyl (C=O) groups is 1. The highest BCUT2D eigenvalue weighted by Crippen LogP contribution is 2.23. The largest absolute Gasteiger partial charge is 0.327 e. The van der Waals surface area contributed by atoms with Gasteiger partial charge in [0.2, 0.25) is 5.91 Å². The Balaban J connectivity index is 2.91. The van der Waals surface area contributed by atoms with Crippen LogP contribution in [0.4, 0.5) is 10.1 Å². The minimum absolute atomic E-state index is 0.165. The topological polar surface area (TPSA) is 46.3 Å². The maximum absolute atomic E-state index is 13.4.